The van der Waals surface area contributed by atoms with Crippen molar-refractivity contribution in [1.82, 2.24) is 20.6 Å². The van der Waals surface area contributed by atoms with Crippen LogP contribution in [0.25, 0.3) is 11.1 Å². The number of rotatable bonds is 11. The lowest BCUT2D eigenvalue weighted by Gasteiger charge is -2.12. The summed E-state index contributed by atoms with van der Waals surface area (Å²) in [7, 11) is 3.20. The van der Waals surface area contributed by atoms with Crippen LogP contribution in [0.2, 0.25) is 10.0 Å². The number of carbonyl (C=O) groups is 1. The molecule has 1 saturated heterocycles. The third-order valence-corrected chi connectivity index (χ3v) is 7.93. The summed E-state index contributed by atoms with van der Waals surface area (Å²) >= 11 is 13.5. The molecule has 2 heterocycles. The zero-order valence-electron chi connectivity index (χ0n) is 21.2. The van der Waals surface area contributed by atoms with E-state index in [4.69, 9.17) is 32.7 Å². The molecule has 2 unspecified atom stereocenters. The number of benzene rings is 2. The quantitative estimate of drug-likeness (QED) is 0.216. The molecule has 0 saturated carbocycles. The largest absolute Gasteiger partial charge is 0.493 e. The van der Waals surface area contributed by atoms with Gasteiger partial charge in [0.25, 0.3) is 0 Å². The SMILES string of the molecule is COc1ccc(-c2cnc(SCC(=O)NCCC3CC(Cc4ccc(Cl)c(Cl)c4)CN3)nc2)cc1OC.Cl. The first-order chi connectivity index (χ1) is 17.9. The molecule has 4 rings (SSSR count). The summed E-state index contributed by atoms with van der Waals surface area (Å²) in [5.41, 5.74) is 2.98. The molecule has 0 spiro atoms. The molecule has 1 aromatic heterocycles. The highest BCUT2D eigenvalue weighted by atomic mass is 35.5. The monoisotopic (exact) mass is 596 g/mol. The lowest BCUT2D eigenvalue weighted by atomic mass is 9.96. The lowest BCUT2D eigenvalue weighted by molar-refractivity contribution is -0.118. The molecule has 0 bridgehead atoms. The Morgan fingerprint density at radius 3 is 2.53 bits per heavy atom. The Balaban J connectivity index is 0.00000400. The van der Waals surface area contributed by atoms with Crippen molar-refractivity contribution >= 4 is 53.3 Å². The highest BCUT2D eigenvalue weighted by Crippen LogP contribution is 2.32. The van der Waals surface area contributed by atoms with E-state index in [1.807, 2.05) is 36.4 Å². The zero-order valence-corrected chi connectivity index (χ0v) is 24.4. The molecule has 0 aliphatic carbocycles. The molecular formula is C27H31Cl3N4O3S. The molecule has 11 heteroatoms. The van der Waals surface area contributed by atoms with Gasteiger partial charge in [0.05, 0.1) is 30.0 Å². The number of ether oxygens (including phenoxy) is 2. The number of aromatic nitrogens is 2. The normalized spacial score (nSPS) is 16.5. The number of methoxy groups -OCH3 is 2. The molecule has 2 atom stereocenters. The van der Waals surface area contributed by atoms with Crippen LogP contribution in [0.4, 0.5) is 0 Å². The number of amides is 1. The molecule has 0 radical (unpaired) electrons. The van der Waals surface area contributed by atoms with Crippen LogP contribution in [-0.4, -0.2) is 55.0 Å². The Hall–Kier alpha value is -2.23. The number of halogens is 3. The van der Waals surface area contributed by atoms with E-state index in [0.717, 1.165) is 36.9 Å². The van der Waals surface area contributed by atoms with E-state index in [1.54, 1.807) is 26.6 Å². The van der Waals surface area contributed by atoms with Crippen LogP contribution < -0.4 is 20.1 Å². The van der Waals surface area contributed by atoms with Gasteiger partial charge >= 0.3 is 0 Å². The van der Waals surface area contributed by atoms with Crippen molar-refractivity contribution in [1.29, 1.82) is 0 Å². The van der Waals surface area contributed by atoms with Crippen LogP contribution in [0.15, 0.2) is 53.9 Å². The Morgan fingerprint density at radius 2 is 1.82 bits per heavy atom. The minimum absolute atomic E-state index is 0. The molecule has 1 aliphatic rings. The first-order valence-electron chi connectivity index (χ1n) is 12.1. The molecule has 1 aliphatic heterocycles. The molecule has 3 aromatic rings. The topological polar surface area (TPSA) is 85.4 Å². The highest BCUT2D eigenvalue weighted by Gasteiger charge is 2.24. The second-order valence-electron chi connectivity index (χ2n) is 8.91. The smallest absolute Gasteiger partial charge is 0.230 e. The van der Waals surface area contributed by atoms with Crippen molar-refractivity contribution in [3.05, 3.63) is 64.4 Å². The summed E-state index contributed by atoms with van der Waals surface area (Å²) in [6, 6.07) is 11.9. The van der Waals surface area contributed by atoms with Gasteiger partial charge in [0.2, 0.25) is 5.91 Å². The molecule has 38 heavy (non-hydrogen) atoms. The Labute approximate surface area is 243 Å². The van der Waals surface area contributed by atoms with Gasteiger partial charge in [-0.1, -0.05) is 47.1 Å². The maximum absolute atomic E-state index is 12.3. The molecule has 7 nitrogen and oxygen atoms in total. The van der Waals surface area contributed by atoms with Crippen molar-refractivity contribution in [3.8, 4) is 22.6 Å². The van der Waals surface area contributed by atoms with Gasteiger partial charge in [0, 0.05) is 30.5 Å². The average Bonchev–Trinajstić information content (AvgIpc) is 3.36. The van der Waals surface area contributed by atoms with Gasteiger partial charge in [-0.25, -0.2) is 9.97 Å². The predicted octanol–water partition coefficient (Wildman–Crippen LogP) is 5.71. The number of nitrogens with one attached hydrogen (secondary N) is 2. The summed E-state index contributed by atoms with van der Waals surface area (Å²) in [5, 5.41) is 8.31. The zero-order chi connectivity index (χ0) is 26.2. The minimum Gasteiger partial charge on any atom is -0.493 e. The van der Waals surface area contributed by atoms with Crippen LogP contribution in [-0.2, 0) is 11.2 Å². The highest BCUT2D eigenvalue weighted by molar-refractivity contribution is 7.99. The molecule has 2 aromatic carbocycles. The first kappa shape index (κ1) is 30.3. The standard InChI is InChI=1S/C27H30Cl2N4O3S.ClH/c1-35-24-6-4-19(12-25(24)36-2)20-14-32-27(33-15-20)37-16-26(34)30-8-7-21-10-18(13-31-21)9-17-3-5-22(28)23(29)11-17;/h3-6,11-12,14-15,18,21,31H,7-10,13,16H2,1-2H3,(H,30,34);1H. The number of hydrogen-bond acceptors (Lipinski definition) is 7. The van der Waals surface area contributed by atoms with Crippen LogP contribution in [0, 0.1) is 5.92 Å². The maximum atomic E-state index is 12.3. The predicted molar refractivity (Wildman–Crippen MR) is 156 cm³/mol. The van der Waals surface area contributed by atoms with E-state index < -0.39 is 0 Å². The maximum Gasteiger partial charge on any atom is 0.230 e. The number of thioether (sulfide) groups is 1. The molecular weight excluding hydrogens is 567 g/mol. The van der Waals surface area contributed by atoms with Crippen molar-refractivity contribution in [2.24, 2.45) is 5.92 Å². The van der Waals surface area contributed by atoms with Gasteiger partial charge < -0.3 is 20.1 Å². The number of hydrogen-bond donors (Lipinski definition) is 2. The van der Waals surface area contributed by atoms with Crippen molar-refractivity contribution in [2.45, 2.75) is 30.5 Å². The van der Waals surface area contributed by atoms with E-state index in [-0.39, 0.29) is 24.1 Å². The summed E-state index contributed by atoms with van der Waals surface area (Å²) in [5.74, 6) is 2.10. The van der Waals surface area contributed by atoms with Gasteiger partial charge in [-0.3, -0.25) is 4.79 Å². The van der Waals surface area contributed by atoms with E-state index in [1.165, 1.54) is 17.3 Å². The number of carbonyl (C=O) groups excluding carboxylic acids is 1. The summed E-state index contributed by atoms with van der Waals surface area (Å²) in [6.45, 7) is 1.60. The van der Waals surface area contributed by atoms with Crippen molar-refractivity contribution in [2.75, 3.05) is 33.1 Å². The van der Waals surface area contributed by atoms with Crippen LogP contribution in [0.3, 0.4) is 0 Å². The average molecular weight is 598 g/mol. The molecule has 204 valence electrons. The summed E-state index contributed by atoms with van der Waals surface area (Å²) in [4.78, 5) is 21.1. The molecule has 1 amide bonds. The van der Waals surface area contributed by atoms with Gasteiger partial charge in [-0.2, -0.15) is 0 Å². The van der Waals surface area contributed by atoms with Gasteiger partial charge in [-0.15, -0.1) is 12.4 Å². The fourth-order valence-corrected chi connectivity index (χ4v) is 5.34. The minimum atomic E-state index is -0.0251. The first-order valence-corrected chi connectivity index (χ1v) is 13.8. The van der Waals surface area contributed by atoms with Gasteiger partial charge in [-0.05, 0) is 67.1 Å². The van der Waals surface area contributed by atoms with E-state index >= 15 is 0 Å². The van der Waals surface area contributed by atoms with Gasteiger partial charge in [0.1, 0.15) is 0 Å². The van der Waals surface area contributed by atoms with E-state index in [2.05, 4.69) is 20.6 Å². The Bertz CT molecular complexity index is 1220. The van der Waals surface area contributed by atoms with Crippen LogP contribution >= 0.6 is 47.4 Å². The Kier molecular flexibility index (Phi) is 11.8. The third-order valence-electron chi connectivity index (χ3n) is 6.31. The fourth-order valence-electron chi connectivity index (χ4n) is 4.40. The second-order valence-corrected chi connectivity index (χ2v) is 10.7. The lowest BCUT2D eigenvalue weighted by Crippen LogP contribution is -2.31. The van der Waals surface area contributed by atoms with Crippen LogP contribution in [0.5, 0.6) is 11.5 Å². The molecule has 1 fully saturated rings. The summed E-state index contributed by atoms with van der Waals surface area (Å²) in [6.07, 6.45) is 6.42. The van der Waals surface area contributed by atoms with Crippen molar-refractivity contribution < 1.29 is 14.3 Å². The summed E-state index contributed by atoms with van der Waals surface area (Å²) < 4.78 is 10.6. The van der Waals surface area contributed by atoms with E-state index in [9.17, 15) is 4.79 Å². The second kappa shape index (κ2) is 14.8. The number of nitrogens with zero attached hydrogens (tertiary/aromatic N) is 2. The molecule has 2 N–H and O–H groups in total. The Morgan fingerprint density at radius 1 is 1.05 bits per heavy atom. The van der Waals surface area contributed by atoms with E-state index in [0.29, 0.717) is 45.2 Å². The third kappa shape index (κ3) is 8.38. The van der Waals surface area contributed by atoms with Crippen molar-refractivity contribution in [3.63, 3.8) is 0 Å². The fraction of sp³-hybridized carbons (Fsp3) is 0.370. The van der Waals surface area contributed by atoms with Crippen LogP contribution in [0.1, 0.15) is 18.4 Å². The van der Waals surface area contributed by atoms with Gasteiger partial charge in [0.15, 0.2) is 16.7 Å².